The van der Waals surface area contributed by atoms with Crippen LogP contribution in [-0.4, -0.2) is 21.9 Å². The summed E-state index contributed by atoms with van der Waals surface area (Å²) >= 11 is 0. The maximum Gasteiger partial charge on any atom is 0.315 e. The van der Waals surface area contributed by atoms with Gasteiger partial charge in [0.05, 0.1) is 13.1 Å². The summed E-state index contributed by atoms with van der Waals surface area (Å²) in [6.07, 6.45) is 1.52. The average Bonchev–Trinajstić information content (AvgIpc) is 2.95. The van der Waals surface area contributed by atoms with Crippen molar-refractivity contribution in [1.82, 2.24) is 20.7 Å². The molecule has 2 aromatic heterocycles. The first kappa shape index (κ1) is 10.6. The lowest BCUT2D eigenvalue weighted by atomic mass is 10.4. The SMILES string of the molecule is CCNCc1nnc(NCc2ccon2)o1. The highest BCUT2D eigenvalue weighted by molar-refractivity contribution is 5.18. The summed E-state index contributed by atoms with van der Waals surface area (Å²) in [5, 5.41) is 17.5. The zero-order chi connectivity index (χ0) is 11.2. The largest absolute Gasteiger partial charge is 0.407 e. The highest BCUT2D eigenvalue weighted by Gasteiger charge is 2.05. The summed E-state index contributed by atoms with van der Waals surface area (Å²) < 4.78 is 10.0. The predicted molar refractivity (Wildman–Crippen MR) is 55.5 cm³/mol. The molecule has 0 aliphatic carbocycles. The molecule has 0 unspecified atom stereocenters. The van der Waals surface area contributed by atoms with E-state index in [1.807, 2.05) is 6.92 Å². The smallest absolute Gasteiger partial charge is 0.315 e. The number of aromatic nitrogens is 3. The first-order valence-corrected chi connectivity index (χ1v) is 5.04. The minimum absolute atomic E-state index is 0.385. The highest BCUT2D eigenvalue weighted by atomic mass is 16.5. The second-order valence-electron chi connectivity index (χ2n) is 3.13. The molecule has 0 amide bonds. The van der Waals surface area contributed by atoms with Crippen LogP contribution in [0.2, 0.25) is 0 Å². The average molecular weight is 223 g/mol. The third kappa shape index (κ3) is 2.80. The van der Waals surface area contributed by atoms with Crippen LogP contribution in [0.4, 0.5) is 6.01 Å². The molecule has 0 radical (unpaired) electrons. The predicted octanol–water partition coefficient (Wildman–Crippen LogP) is 0.779. The second-order valence-corrected chi connectivity index (χ2v) is 3.13. The van der Waals surface area contributed by atoms with Gasteiger partial charge in [-0.05, 0) is 6.54 Å². The van der Waals surface area contributed by atoms with E-state index < -0.39 is 0 Å². The Morgan fingerprint density at radius 1 is 1.31 bits per heavy atom. The molecule has 0 aliphatic heterocycles. The first-order chi connectivity index (χ1) is 7.88. The summed E-state index contributed by atoms with van der Waals surface area (Å²) in [4.78, 5) is 0. The second kappa shape index (κ2) is 5.26. The lowest BCUT2D eigenvalue weighted by Gasteiger charge is -1.96. The molecular weight excluding hydrogens is 210 g/mol. The van der Waals surface area contributed by atoms with E-state index in [4.69, 9.17) is 8.94 Å². The van der Waals surface area contributed by atoms with Gasteiger partial charge in [0.1, 0.15) is 12.0 Å². The Labute approximate surface area is 92.2 Å². The molecule has 7 nitrogen and oxygen atoms in total. The van der Waals surface area contributed by atoms with E-state index in [9.17, 15) is 0 Å². The third-order valence-electron chi connectivity index (χ3n) is 1.91. The number of nitrogens with one attached hydrogen (secondary N) is 2. The molecule has 2 N–H and O–H groups in total. The molecule has 16 heavy (non-hydrogen) atoms. The van der Waals surface area contributed by atoms with E-state index in [-0.39, 0.29) is 0 Å². The van der Waals surface area contributed by atoms with Crippen LogP contribution < -0.4 is 10.6 Å². The van der Waals surface area contributed by atoms with Crippen LogP contribution >= 0.6 is 0 Å². The Hall–Kier alpha value is -1.89. The maximum atomic E-state index is 5.33. The number of rotatable bonds is 6. The molecule has 0 spiro atoms. The quantitative estimate of drug-likeness (QED) is 0.747. The van der Waals surface area contributed by atoms with Crippen molar-refractivity contribution < 1.29 is 8.94 Å². The van der Waals surface area contributed by atoms with Gasteiger partial charge in [-0.3, -0.25) is 0 Å². The van der Waals surface area contributed by atoms with Crippen molar-refractivity contribution in [3.8, 4) is 0 Å². The first-order valence-electron chi connectivity index (χ1n) is 5.04. The van der Waals surface area contributed by atoms with E-state index in [0.717, 1.165) is 12.2 Å². The normalized spacial score (nSPS) is 10.6. The molecular formula is C9H13N5O2. The summed E-state index contributed by atoms with van der Waals surface area (Å²) in [7, 11) is 0. The Morgan fingerprint density at radius 3 is 3.00 bits per heavy atom. The van der Waals surface area contributed by atoms with E-state index in [0.29, 0.717) is 25.0 Å². The van der Waals surface area contributed by atoms with Crippen LogP contribution in [0.1, 0.15) is 18.5 Å². The van der Waals surface area contributed by atoms with Gasteiger partial charge >= 0.3 is 6.01 Å². The fourth-order valence-electron chi connectivity index (χ4n) is 1.12. The Bertz CT molecular complexity index is 411. The van der Waals surface area contributed by atoms with Gasteiger partial charge in [-0.1, -0.05) is 17.2 Å². The van der Waals surface area contributed by atoms with Gasteiger partial charge in [0.25, 0.3) is 0 Å². The van der Waals surface area contributed by atoms with Crippen LogP contribution in [0.5, 0.6) is 0 Å². The molecule has 2 aromatic rings. The van der Waals surface area contributed by atoms with Crippen molar-refractivity contribution in [2.75, 3.05) is 11.9 Å². The van der Waals surface area contributed by atoms with Crippen LogP contribution in [0.3, 0.4) is 0 Å². The van der Waals surface area contributed by atoms with Gasteiger partial charge < -0.3 is 19.6 Å². The molecule has 0 bridgehead atoms. The summed E-state index contributed by atoms with van der Waals surface area (Å²) in [6, 6.07) is 2.15. The molecule has 86 valence electrons. The summed E-state index contributed by atoms with van der Waals surface area (Å²) in [5.74, 6) is 0.560. The van der Waals surface area contributed by atoms with Crippen molar-refractivity contribution in [1.29, 1.82) is 0 Å². The van der Waals surface area contributed by atoms with Crippen molar-refractivity contribution in [2.45, 2.75) is 20.0 Å². The van der Waals surface area contributed by atoms with Gasteiger partial charge in [0, 0.05) is 6.07 Å². The van der Waals surface area contributed by atoms with Gasteiger partial charge in [-0.25, -0.2) is 0 Å². The standard InChI is InChI=1S/C9H13N5O2/c1-2-10-6-8-12-13-9(16-8)11-5-7-3-4-15-14-7/h3-4,10H,2,5-6H2,1H3,(H,11,13). The minimum Gasteiger partial charge on any atom is -0.407 e. The molecule has 2 heterocycles. The maximum absolute atomic E-state index is 5.33. The zero-order valence-corrected chi connectivity index (χ0v) is 8.93. The topological polar surface area (TPSA) is 89.0 Å². The lowest BCUT2D eigenvalue weighted by molar-refractivity contribution is 0.412. The molecule has 0 saturated carbocycles. The van der Waals surface area contributed by atoms with Crippen LogP contribution in [0.25, 0.3) is 0 Å². The molecule has 0 fully saturated rings. The molecule has 0 aromatic carbocycles. The molecule has 7 heteroatoms. The van der Waals surface area contributed by atoms with Gasteiger partial charge in [0.15, 0.2) is 0 Å². The van der Waals surface area contributed by atoms with E-state index >= 15 is 0 Å². The fourth-order valence-corrected chi connectivity index (χ4v) is 1.12. The van der Waals surface area contributed by atoms with Crippen LogP contribution in [0.15, 0.2) is 21.3 Å². The Kier molecular flexibility index (Phi) is 3.50. The number of anilines is 1. The number of hydrogen-bond acceptors (Lipinski definition) is 7. The van der Waals surface area contributed by atoms with Crippen molar-refractivity contribution in [2.24, 2.45) is 0 Å². The fraction of sp³-hybridized carbons (Fsp3) is 0.444. The van der Waals surface area contributed by atoms with Crippen molar-refractivity contribution in [3.05, 3.63) is 23.9 Å². The van der Waals surface area contributed by atoms with E-state index in [2.05, 4.69) is 26.0 Å². The number of hydrogen-bond donors (Lipinski definition) is 2. The monoisotopic (exact) mass is 223 g/mol. The minimum atomic E-state index is 0.385. The van der Waals surface area contributed by atoms with Gasteiger partial charge in [-0.15, -0.1) is 5.10 Å². The van der Waals surface area contributed by atoms with Crippen molar-refractivity contribution in [3.63, 3.8) is 0 Å². The number of nitrogens with zero attached hydrogens (tertiary/aromatic N) is 3. The van der Waals surface area contributed by atoms with Crippen LogP contribution in [-0.2, 0) is 13.1 Å². The van der Waals surface area contributed by atoms with E-state index in [1.54, 1.807) is 6.07 Å². The van der Waals surface area contributed by atoms with Crippen LogP contribution in [0, 0.1) is 0 Å². The molecule has 0 aliphatic rings. The molecule has 0 atom stereocenters. The molecule has 0 saturated heterocycles. The molecule has 2 rings (SSSR count). The summed E-state index contributed by atoms with van der Waals surface area (Å²) in [5.41, 5.74) is 0.784. The summed E-state index contributed by atoms with van der Waals surface area (Å²) in [6.45, 7) is 3.96. The third-order valence-corrected chi connectivity index (χ3v) is 1.91. The Balaban J connectivity index is 1.83. The van der Waals surface area contributed by atoms with Gasteiger partial charge in [0.2, 0.25) is 5.89 Å². The highest BCUT2D eigenvalue weighted by Crippen LogP contribution is 2.06. The van der Waals surface area contributed by atoms with Gasteiger partial charge in [-0.2, -0.15) is 0 Å². The van der Waals surface area contributed by atoms with E-state index in [1.165, 1.54) is 6.26 Å². The Morgan fingerprint density at radius 2 is 2.25 bits per heavy atom. The zero-order valence-electron chi connectivity index (χ0n) is 8.93. The van der Waals surface area contributed by atoms with Crippen molar-refractivity contribution >= 4 is 6.01 Å². The lowest BCUT2D eigenvalue weighted by Crippen LogP contribution is -2.11.